The van der Waals surface area contributed by atoms with Crippen LogP contribution >= 0.6 is 0 Å². The molecule has 3 aromatic rings. The van der Waals surface area contributed by atoms with Gasteiger partial charge in [0.25, 0.3) is 0 Å². The molecule has 142 valence electrons. The molecule has 3 aromatic carbocycles. The van der Waals surface area contributed by atoms with Gasteiger partial charge >= 0.3 is 0 Å². The van der Waals surface area contributed by atoms with Crippen LogP contribution in [0.5, 0.6) is 11.5 Å². The Morgan fingerprint density at radius 3 is 2.14 bits per heavy atom. The number of aryl methyl sites for hydroxylation is 1. The number of ether oxygens (including phenoxy) is 1. The molecule has 28 heavy (non-hydrogen) atoms. The summed E-state index contributed by atoms with van der Waals surface area (Å²) in [6.07, 6.45) is 0. The Balaban J connectivity index is 1.69. The van der Waals surface area contributed by atoms with Gasteiger partial charge in [-0.15, -0.1) is 0 Å². The molecule has 1 amide bonds. The van der Waals surface area contributed by atoms with Crippen LogP contribution in [0.25, 0.3) is 0 Å². The third-order valence-electron chi connectivity index (χ3n) is 4.69. The van der Waals surface area contributed by atoms with Crippen molar-refractivity contribution >= 4 is 21.4 Å². The molecule has 0 saturated carbocycles. The fourth-order valence-corrected chi connectivity index (χ4v) is 5.15. The average Bonchev–Trinajstić information content (AvgIpc) is 2.92. The molecule has 5 nitrogen and oxygen atoms in total. The summed E-state index contributed by atoms with van der Waals surface area (Å²) in [5, 5.41) is -1.04. The van der Waals surface area contributed by atoms with Crippen molar-refractivity contribution in [3.05, 3.63) is 90.0 Å². The van der Waals surface area contributed by atoms with Crippen LogP contribution in [-0.2, 0) is 14.6 Å². The number of nitrogens with zero attached hydrogens (tertiary/aromatic N) is 1. The Kier molecular flexibility index (Phi) is 4.65. The minimum atomic E-state index is -3.64. The number of hydrogen-bond donors (Lipinski definition) is 0. The molecule has 1 unspecified atom stereocenters. The first kappa shape index (κ1) is 18.3. The lowest BCUT2D eigenvalue weighted by molar-refractivity contribution is -0.115. The molecule has 4 rings (SSSR count). The average molecular weight is 393 g/mol. The van der Waals surface area contributed by atoms with Gasteiger partial charge in [-0.2, -0.15) is 0 Å². The van der Waals surface area contributed by atoms with Crippen LogP contribution in [0, 0.1) is 6.92 Å². The van der Waals surface area contributed by atoms with E-state index in [0.29, 0.717) is 22.7 Å². The van der Waals surface area contributed by atoms with E-state index in [2.05, 4.69) is 0 Å². The molecular weight excluding hydrogens is 374 g/mol. The third kappa shape index (κ3) is 3.39. The fraction of sp³-hybridized carbons (Fsp3) is 0.136. The Morgan fingerprint density at radius 2 is 1.46 bits per heavy atom. The highest BCUT2D eigenvalue weighted by Gasteiger charge is 2.46. The predicted octanol–water partition coefficient (Wildman–Crippen LogP) is 4.25. The van der Waals surface area contributed by atoms with Crippen molar-refractivity contribution in [1.29, 1.82) is 0 Å². The molecule has 0 bridgehead atoms. The largest absolute Gasteiger partial charge is 0.457 e. The smallest absolute Gasteiger partial charge is 0.243 e. The zero-order valence-electron chi connectivity index (χ0n) is 15.3. The predicted molar refractivity (Wildman–Crippen MR) is 108 cm³/mol. The number of anilines is 1. The number of amides is 1. The van der Waals surface area contributed by atoms with Crippen molar-refractivity contribution in [3.8, 4) is 11.5 Å². The second kappa shape index (κ2) is 7.13. The number of benzene rings is 3. The molecule has 1 aliphatic rings. The number of rotatable bonds is 4. The van der Waals surface area contributed by atoms with Crippen molar-refractivity contribution < 1.29 is 17.9 Å². The van der Waals surface area contributed by atoms with E-state index in [-0.39, 0.29) is 0 Å². The number of carbonyl (C=O) groups is 1. The Bertz CT molecular complexity index is 1110. The maximum absolute atomic E-state index is 12.7. The molecule has 1 atom stereocenters. The van der Waals surface area contributed by atoms with Gasteiger partial charge in [0.15, 0.2) is 15.2 Å². The summed E-state index contributed by atoms with van der Waals surface area (Å²) in [7, 11) is -3.64. The highest BCUT2D eigenvalue weighted by molar-refractivity contribution is 7.93. The van der Waals surface area contributed by atoms with Crippen molar-refractivity contribution in [2.75, 3.05) is 10.7 Å². The fourth-order valence-electron chi connectivity index (χ4n) is 3.39. The van der Waals surface area contributed by atoms with E-state index in [1.54, 1.807) is 36.4 Å². The monoisotopic (exact) mass is 393 g/mol. The summed E-state index contributed by atoms with van der Waals surface area (Å²) >= 11 is 0. The van der Waals surface area contributed by atoms with Crippen molar-refractivity contribution in [2.24, 2.45) is 0 Å². The number of sulfone groups is 1. The number of carbonyl (C=O) groups excluding carboxylic acids is 1. The first-order chi connectivity index (χ1) is 13.5. The lowest BCUT2D eigenvalue weighted by Gasteiger charge is -2.25. The van der Waals surface area contributed by atoms with Gasteiger partial charge in [0.2, 0.25) is 5.91 Å². The van der Waals surface area contributed by atoms with E-state index in [1.165, 1.54) is 4.90 Å². The Labute approximate surface area is 164 Å². The summed E-state index contributed by atoms with van der Waals surface area (Å²) < 4.78 is 31.3. The molecule has 0 N–H and O–H groups in total. The second-order valence-corrected chi connectivity index (χ2v) is 8.75. The summed E-state index contributed by atoms with van der Waals surface area (Å²) in [6.45, 7) is 1.86. The minimum Gasteiger partial charge on any atom is -0.457 e. The van der Waals surface area contributed by atoms with Crippen LogP contribution in [-0.4, -0.2) is 20.1 Å². The van der Waals surface area contributed by atoms with E-state index >= 15 is 0 Å². The first-order valence-electron chi connectivity index (χ1n) is 8.88. The number of para-hydroxylation sites is 2. The topological polar surface area (TPSA) is 63.7 Å². The molecule has 0 radical (unpaired) electrons. The van der Waals surface area contributed by atoms with Crippen LogP contribution in [0.15, 0.2) is 78.9 Å². The SMILES string of the molecule is Cc1ccccc1N1C(=O)CS(=O)(=O)C1c1ccc(Oc2ccccc2)cc1. The number of hydrogen-bond acceptors (Lipinski definition) is 4. The molecule has 6 heteroatoms. The minimum absolute atomic E-state index is 0.413. The molecule has 0 spiro atoms. The van der Waals surface area contributed by atoms with Gasteiger partial charge in [0.1, 0.15) is 17.3 Å². The van der Waals surface area contributed by atoms with Crippen LogP contribution in [0.2, 0.25) is 0 Å². The van der Waals surface area contributed by atoms with Gasteiger partial charge in [-0.3, -0.25) is 9.69 Å². The molecule has 1 fully saturated rings. The standard InChI is InChI=1S/C22H19NO4S/c1-16-7-5-6-10-20(16)23-21(24)15-28(25,26)22(23)17-11-13-19(14-12-17)27-18-8-3-2-4-9-18/h2-14,22H,15H2,1H3. The van der Waals surface area contributed by atoms with Gasteiger partial charge in [-0.05, 0) is 48.4 Å². The molecule has 1 heterocycles. The third-order valence-corrected chi connectivity index (χ3v) is 6.50. The Morgan fingerprint density at radius 1 is 0.857 bits per heavy atom. The molecule has 0 aliphatic carbocycles. The lowest BCUT2D eigenvalue weighted by Crippen LogP contribution is -2.29. The van der Waals surface area contributed by atoms with Crippen LogP contribution in [0.1, 0.15) is 16.5 Å². The Hall–Kier alpha value is -3.12. The molecular formula is C22H19NO4S. The summed E-state index contributed by atoms with van der Waals surface area (Å²) in [4.78, 5) is 13.9. The van der Waals surface area contributed by atoms with E-state index in [9.17, 15) is 13.2 Å². The normalized spacial score (nSPS) is 18.2. The summed E-state index contributed by atoms with van der Waals surface area (Å²) in [5.41, 5.74) is 2.00. The zero-order chi connectivity index (χ0) is 19.7. The van der Waals surface area contributed by atoms with E-state index < -0.39 is 26.9 Å². The van der Waals surface area contributed by atoms with Crippen LogP contribution < -0.4 is 9.64 Å². The summed E-state index contributed by atoms with van der Waals surface area (Å²) in [6, 6.07) is 23.5. The first-order valence-corrected chi connectivity index (χ1v) is 10.6. The molecule has 0 aromatic heterocycles. The van der Waals surface area contributed by atoms with Crippen molar-refractivity contribution in [2.45, 2.75) is 12.3 Å². The van der Waals surface area contributed by atoms with E-state index in [4.69, 9.17) is 4.74 Å². The van der Waals surface area contributed by atoms with Crippen LogP contribution in [0.4, 0.5) is 5.69 Å². The second-order valence-electron chi connectivity index (χ2n) is 6.69. The van der Waals surface area contributed by atoms with E-state index in [0.717, 1.165) is 5.56 Å². The van der Waals surface area contributed by atoms with Gasteiger partial charge in [0.05, 0.1) is 0 Å². The van der Waals surface area contributed by atoms with Crippen molar-refractivity contribution in [1.82, 2.24) is 0 Å². The van der Waals surface area contributed by atoms with Gasteiger partial charge in [0, 0.05) is 5.69 Å². The highest BCUT2D eigenvalue weighted by Crippen LogP contribution is 2.39. The quantitative estimate of drug-likeness (QED) is 0.665. The molecule has 1 saturated heterocycles. The van der Waals surface area contributed by atoms with Gasteiger partial charge < -0.3 is 4.74 Å². The lowest BCUT2D eigenvalue weighted by atomic mass is 10.1. The zero-order valence-corrected chi connectivity index (χ0v) is 16.1. The highest BCUT2D eigenvalue weighted by atomic mass is 32.2. The van der Waals surface area contributed by atoms with Gasteiger partial charge in [-0.1, -0.05) is 48.5 Å². The summed E-state index contributed by atoms with van der Waals surface area (Å²) in [5.74, 6) is 0.386. The maximum atomic E-state index is 12.7. The van der Waals surface area contributed by atoms with Gasteiger partial charge in [-0.25, -0.2) is 8.42 Å². The van der Waals surface area contributed by atoms with Crippen molar-refractivity contribution in [3.63, 3.8) is 0 Å². The maximum Gasteiger partial charge on any atom is 0.243 e. The van der Waals surface area contributed by atoms with Crippen LogP contribution in [0.3, 0.4) is 0 Å². The van der Waals surface area contributed by atoms with E-state index in [1.807, 2.05) is 49.4 Å². The molecule has 1 aliphatic heterocycles.